The van der Waals surface area contributed by atoms with Gasteiger partial charge in [-0.25, -0.2) is 8.42 Å². The fourth-order valence-corrected chi connectivity index (χ4v) is 4.72. The molecule has 1 fully saturated rings. The number of anilines is 2. The van der Waals surface area contributed by atoms with Crippen LogP contribution in [-0.2, 0) is 24.3 Å². The van der Waals surface area contributed by atoms with E-state index < -0.39 is 28.5 Å². The van der Waals surface area contributed by atoms with Crippen molar-refractivity contribution in [3.8, 4) is 0 Å². The lowest BCUT2D eigenvalue weighted by atomic mass is 10.3. The molecule has 0 spiro atoms. The van der Waals surface area contributed by atoms with Crippen LogP contribution in [0, 0.1) is 11.8 Å². The standard InChI is InChI=1S/C21H23ClN2O5S/c1-3-24(15-7-5-4-6-8-15)30(27,28)16-9-10-18(22)19(12-16)23-20(25)13-29-21(26)17-11-14(17)2/h4-10,12,14,17H,3,11,13H2,1-2H3,(H,23,25)/t14-,17-/m1/s1. The molecule has 1 saturated carbocycles. The summed E-state index contributed by atoms with van der Waals surface area (Å²) in [7, 11) is -3.88. The summed E-state index contributed by atoms with van der Waals surface area (Å²) in [6, 6.07) is 12.8. The minimum absolute atomic E-state index is 0.0169. The molecule has 0 aliphatic heterocycles. The van der Waals surface area contributed by atoms with Gasteiger partial charge in [0.05, 0.1) is 27.2 Å². The molecule has 3 rings (SSSR count). The minimum Gasteiger partial charge on any atom is -0.455 e. The highest BCUT2D eigenvalue weighted by molar-refractivity contribution is 7.92. The molecule has 0 aromatic heterocycles. The van der Waals surface area contributed by atoms with Gasteiger partial charge in [-0.05, 0) is 49.6 Å². The highest BCUT2D eigenvalue weighted by Crippen LogP contribution is 2.38. The van der Waals surface area contributed by atoms with E-state index in [1.165, 1.54) is 22.5 Å². The first kappa shape index (κ1) is 22.1. The van der Waals surface area contributed by atoms with Crippen LogP contribution in [0.25, 0.3) is 0 Å². The van der Waals surface area contributed by atoms with Crippen LogP contribution in [0.3, 0.4) is 0 Å². The first-order valence-electron chi connectivity index (χ1n) is 9.58. The molecule has 2 aromatic carbocycles. The van der Waals surface area contributed by atoms with E-state index in [-0.39, 0.29) is 34.0 Å². The summed E-state index contributed by atoms with van der Waals surface area (Å²) < 4.78 is 32.5. The van der Waals surface area contributed by atoms with Crippen molar-refractivity contribution in [3.63, 3.8) is 0 Å². The Labute approximate surface area is 181 Å². The number of nitrogens with zero attached hydrogens (tertiary/aromatic N) is 1. The lowest BCUT2D eigenvalue weighted by molar-refractivity contribution is -0.148. The second-order valence-corrected chi connectivity index (χ2v) is 9.39. The van der Waals surface area contributed by atoms with E-state index in [0.29, 0.717) is 5.69 Å². The fourth-order valence-electron chi connectivity index (χ4n) is 3.05. The van der Waals surface area contributed by atoms with Crippen LogP contribution in [0.5, 0.6) is 0 Å². The average Bonchev–Trinajstić information content (AvgIpc) is 3.45. The Kier molecular flexibility index (Phi) is 6.67. The predicted octanol–water partition coefficient (Wildman–Crippen LogP) is 3.69. The summed E-state index contributed by atoms with van der Waals surface area (Å²) in [4.78, 5) is 23.9. The van der Waals surface area contributed by atoms with E-state index in [4.69, 9.17) is 16.3 Å². The molecular formula is C21H23ClN2O5S. The quantitative estimate of drug-likeness (QED) is 0.619. The molecule has 0 unspecified atom stereocenters. The Morgan fingerprint density at radius 3 is 2.47 bits per heavy atom. The molecule has 1 aliphatic rings. The van der Waals surface area contributed by atoms with Gasteiger partial charge in [0.25, 0.3) is 15.9 Å². The van der Waals surface area contributed by atoms with Crippen molar-refractivity contribution in [2.24, 2.45) is 11.8 Å². The summed E-state index contributed by atoms with van der Waals surface area (Å²) in [5.74, 6) is -0.860. The zero-order chi connectivity index (χ0) is 21.9. The van der Waals surface area contributed by atoms with Gasteiger partial charge in [0.1, 0.15) is 0 Å². The topological polar surface area (TPSA) is 92.8 Å². The molecule has 7 nitrogen and oxygen atoms in total. The number of nitrogens with one attached hydrogen (secondary N) is 1. The second kappa shape index (κ2) is 9.06. The molecular weight excluding hydrogens is 428 g/mol. The van der Waals surface area contributed by atoms with Crippen LogP contribution >= 0.6 is 11.6 Å². The largest absolute Gasteiger partial charge is 0.455 e. The molecule has 1 N–H and O–H groups in total. The molecule has 0 heterocycles. The Bertz CT molecular complexity index is 1040. The normalized spacial score (nSPS) is 17.8. The summed E-state index contributed by atoms with van der Waals surface area (Å²) in [6.07, 6.45) is 0.765. The SMILES string of the molecule is CCN(c1ccccc1)S(=O)(=O)c1ccc(Cl)c(NC(=O)COC(=O)[C@@H]2C[C@H]2C)c1. The Balaban J connectivity index is 1.75. The van der Waals surface area contributed by atoms with Crippen LogP contribution in [0.1, 0.15) is 20.3 Å². The van der Waals surface area contributed by atoms with Gasteiger partial charge in [-0.2, -0.15) is 0 Å². The van der Waals surface area contributed by atoms with E-state index in [2.05, 4.69) is 5.32 Å². The Morgan fingerprint density at radius 1 is 1.20 bits per heavy atom. The highest BCUT2D eigenvalue weighted by atomic mass is 35.5. The first-order chi connectivity index (χ1) is 14.2. The van der Waals surface area contributed by atoms with Gasteiger partial charge in [-0.1, -0.05) is 36.7 Å². The van der Waals surface area contributed by atoms with Crippen LogP contribution in [-0.4, -0.2) is 33.4 Å². The molecule has 1 amide bonds. The molecule has 2 aromatic rings. The third-order valence-electron chi connectivity index (χ3n) is 4.89. The molecule has 0 saturated heterocycles. The van der Waals surface area contributed by atoms with Crippen LogP contribution in [0.4, 0.5) is 11.4 Å². The number of ether oxygens (including phenoxy) is 1. The lowest BCUT2D eigenvalue weighted by Gasteiger charge is -2.23. The fraction of sp³-hybridized carbons (Fsp3) is 0.333. The van der Waals surface area contributed by atoms with Gasteiger partial charge in [-0.3, -0.25) is 13.9 Å². The number of hydrogen-bond acceptors (Lipinski definition) is 5. The van der Waals surface area contributed by atoms with E-state index in [0.717, 1.165) is 6.42 Å². The molecule has 0 bridgehead atoms. The van der Waals surface area contributed by atoms with Crippen molar-refractivity contribution >= 4 is 44.9 Å². The van der Waals surface area contributed by atoms with Crippen LogP contribution < -0.4 is 9.62 Å². The summed E-state index contributed by atoms with van der Waals surface area (Å²) in [6.45, 7) is 3.44. The van der Waals surface area contributed by atoms with E-state index in [1.807, 2.05) is 6.92 Å². The first-order valence-corrected chi connectivity index (χ1v) is 11.4. The maximum atomic E-state index is 13.1. The number of carbonyl (C=O) groups excluding carboxylic acids is 2. The number of rotatable bonds is 8. The number of halogens is 1. The monoisotopic (exact) mass is 450 g/mol. The summed E-state index contributed by atoms with van der Waals surface area (Å²) in [5, 5.41) is 2.69. The van der Waals surface area contributed by atoms with Gasteiger partial charge in [0.15, 0.2) is 6.61 Å². The van der Waals surface area contributed by atoms with Crippen LogP contribution in [0.2, 0.25) is 5.02 Å². The zero-order valence-electron chi connectivity index (χ0n) is 16.7. The summed E-state index contributed by atoms with van der Waals surface area (Å²) in [5.41, 5.74) is 0.657. The maximum absolute atomic E-state index is 13.1. The molecule has 9 heteroatoms. The predicted molar refractivity (Wildman–Crippen MR) is 115 cm³/mol. The number of amides is 1. The molecule has 30 heavy (non-hydrogen) atoms. The van der Waals surface area contributed by atoms with Gasteiger partial charge >= 0.3 is 5.97 Å². The van der Waals surface area contributed by atoms with Gasteiger partial charge in [-0.15, -0.1) is 0 Å². The molecule has 1 aliphatic carbocycles. The number of para-hydroxylation sites is 1. The number of esters is 1. The van der Waals surface area contributed by atoms with E-state index >= 15 is 0 Å². The summed E-state index contributed by atoms with van der Waals surface area (Å²) >= 11 is 6.13. The number of hydrogen-bond donors (Lipinski definition) is 1. The van der Waals surface area contributed by atoms with Crippen molar-refractivity contribution in [1.29, 1.82) is 0 Å². The Hall–Kier alpha value is -2.58. The van der Waals surface area contributed by atoms with Gasteiger partial charge in [0, 0.05) is 6.54 Å². The zero-order valence-corrected chi connectivity index (χ0v) is 18.2. The van der Waals surface area contributed by atoms with Crippen molar-refractivity contribution in [1.82, 2.24) is 0 Å². The average molecular weight is 451 g/mol. The van der Waals surface area contributed by atoms with Crippen molar-refractivity contribution in [3.05, 3.63) is 53.6 Å². The molecule has 160 valence electrons. The highest BCUT2D eigenvalue weighted by Gasteiger charge is 2.40. The minimum atomic E-state index is -3.88. The third kappa shape index (κ3) is 4.94. The molecule has 0 radical (unpaired) electrons. The van der Waals surface area contributed by atoms with E-state index in [9.17, 15) is 18.0 Å². The number of sulfonamides is 1. The second-order valence-electron chi connectivity index (χ2n) is 7.12. The third-order valence-corrected chi connectivity index (χ3v) is 7.12. The number of carbonyl (C=O) groups is 2. The smallest absolute Gasteiger partial charge is 0.309 e. The molecule has 2 atom stereocenters. The van der Waals surface area contributed by atoms with E-state index in [1.54, 1.807) is 37.3 Å². The van der Waals surface area contributed by atoms with Gasteiger partial charge in [0.2, 0.25) is 0 Å². The maximum Gasteiger partial charge on any atom is 0.309 e. The number of benzene rings is 2. The van der Waals surface area contributed by atoms with Crippen molar-refractivity contribution < 1.29 is 22.7 Å². The lowest BCUT2D eigenvalue weighted by Crippen LogP contribution is -2.30. The van der Waals surface area contributed by atoms with Crippen LogP contribution in [0.15, 0.2) is 53.4 Å². The van der Waals surface area contributed by atoms with Gasteiger partial charge < -0.3 is 10.1 Å². The Morgan fingerprint density at radius 2 is 1.87 bits per heavy atom. The van der Waals surface area contributed by atoms with Crippen molar-refractivity contribution in [2.45, 2.75) is 25.2 Å². The van der Waals surface area contributed by atoms with Crippen molar-refractivity contribution in [2.75, 3.05) is 22.8 Å².